The number of rotatable bonds is 13. The third-order valence-electron chi connectivity index (χ3n) is 8.65. The summed E-state index contributed by atoms with van der Waals surface area (Å²) < 4.78 is 6.12. The Morgan fingerprint density at radius 2 is 1.93 bits per heavy atom. The number of allylic oxidation sites excluding steroid dienone is 2. The van der Waals surface area contributed by atoms with Crippen LogP contribution in [-0.2, 0) is 19.0 Å². The number of carbonyl (C=O) groups excluding carboxylic acids is 2. The smallest absolute Gasteiger partial charge is 0.455 e. The van der Waals surface area contributed by atoms with Crippen molar-refractivity contribution >= 4 is 31.0 Å². The molecule has 0 spiro atoms. The number of benzene rings is 1. The molecule has 40 heavy (non-hydrogen) atoms. The van der Waals surface area contributed by atoms with Crippen molar-refractivity contribution in [3.63, 3.8) is 0 Å². The predicted octanol–water partition coefficient (Wildman–Crippen LogP) is 5.21. The summed E-state index contributed by atoms with van der Waals surface area (Å²) in [5.74, 6) is -1.99. The third-order valence-corrected chi connectivity index (χ3v) is 8.65. The molecule has 0 unspecified atom stereocenters. The average Bonchev–Trinajstić information content (AvgIpc) is 3.15. The summed E-state index contributed by atoms with van der Waals surface area (Å²) in [5.41, 5.74) is 4.46. The Hall–Kier alpha value is -2.91. The maximum absolute atomic E-state index is 13.6. The molecular formula is C31H42BNO7. The molecule has 2 saturated heterocycles. The summed E-state index contributed by atoms with van der Waals surface area (Å²) in [7, 11) is -0.992. The van der Waals surface area contributed by atoms with Gasteiger partial charge in [-0.3, -0.25) is 19.3 Å². The van der Waals surface area contributed by atoms with Crippen LogP contribution in [0.1, 0.15) is 83.6 Å². The molecule has 2 heterocycles. The molecule has 9 heteroatoms. The van der Waals surface area contributed by atoms with Gasteiger partial charge in [-0.2, -0.15) is 0 Å². The second-order valence-electron chi connectivity index (χ2n) is 11.4. The first-order valence-corrected chi connectivity index (χ1v) is 14.8. The highest BCUT2D eigenvalue weighted by Crippen LogP contribution is 2.51. The summed E-state index contributed by atoms with van der Waals surface area (Å²) in [4.78, 5) is 39.3. The molecule has 0 aromatic heterocycles. The fraction of sp³-hybridized carbons (Fsp3) is 0.581. The summed E-state index contributed by atoms with van der Waals surface area (Å²) >= 11 is 0. The number of phenols is 1. The topological polar surface area (TPSA) is 124 Å². The lowest BCUT2D eigenvalue weighted by atomic mass is 9.58. The van der Waals surface area contributed by atoms with Gasteiger partial charge in [-0.25, -0.2) is 0 Å². The zero-order chi connectivity index (χ0) is 28.8. The molecule has 2 amide bonds. The van der Waals surface area contributed by atoms with Gasteiger partial charge >= 0.3 is 13.1 Å². The van der Waals surface area contributed by atoms with Gasteiger partial charge in [0.05, 0.1) is 17.9 Å². The Morgan fingerprint density at radius 3 is 2.62 bits per heavy atom. The van der Waals surface area contributed by atoms with E-state index in [1.54, 1.807) is 12.1 Å². The minimum atomic E-state index is -0.992. The minimum Gasteiger partial charge on any atom is -0.508 e. The lowest BCUT2D eigenvalue weighted by molar-refractivity contribution is -0.141. The number of likely N-dealkylation sites (tertiary alicyclic amines) is 1. The fourth-order valence-corrected chi connectivity index (χ4v) is 6.83. The molecule has 2 fully saturated rings. The van der Waals surface area contributed by atoms with Crippen LogP contribution in [0, 0.1) is 17.8 Å². The van der Waals surface area contributed by atoms with Crippen LogP contribution in [-0.4, -0.2) is 57.7 Å². The van der Waals surface area contributed by atoms with Crippen LogP contribution < -0.4 is 0 Å². The Bertz CT molecular complexity index is 1160. The molecule has 0 saturated carbocycles. The molecule has 2 aliphatic heterocycles. The van der Waals surface area contributed by atoms with Crippen molar-refractivity contribution in [3.05, 3.63) is 46.5 Å². The van der Waals surface area contributed by atoms with Crippen molar-refractivity contribution < 1.29 is 34.3 Å². The van der Waals surface area contributed by atoms with E-state index in [0.717, 1.165) is 36.8 Å². The van der Waals surface area contributed by atoms with E-state index < -0.39 is 24.9 Å². The minimum absolute atomic E-state index is 0.0882. The number of fused-ring (bicyclic) bond motifs is 3. The van der Waals surface area contributed by atoms with Gasteiger partial charge in [-0.15, -0.1) is 0 Å². The number of hydrogen-bond acceptors (Lipinski definition) is 6. The first kappa shape index (κ1) is 30.1. The molecule has 216 valence electrons. The number of hydrogen-bond donors (Lipinski definition) is 3. The van der Waals surface area contributed by atoms with E-state index in [0.29, 0.717) is 45.0 Å². The highest BCUT2D eigenvalue weighted by Gasteiger charge is 2.56. The van der Waals surface area contributed by atoms with Crippen LogP contribution in [0.15, 0.2) is 41.0 Å². The van der Waals surface area contributed by atoms with Crippen LogP contribution >= 0.6 is 0 Å². The van der Waals surface area contributed by atoms with Gasteiger partial charge in [-0.1, -0.05) is 56.0 Å². The van der Waals surface area contributed by atoms with Gasteiger partial charge < -0.3 is 19.9 Å². The van der Waals surface area contributed by atoms with Gasteiger partial charge in [0.25, 0.3) is 0 Å². The Labute approximate surface area is 237 Å². The van der Waals surface area contributed by atoms with Crippen molar-refractivity contribution in [1.29, 1.82) is 0 Å². The van der Waals surface area contributed by atoms with E-state index in [1.807, 2.05) is 12.1 Å². The zero-order valence-corrected chi connectivity index (χ0v) is 23.7. The molecule has 8 nitrogen and oxygen atoms in total. The fourth-order valence-electron chi connectivity index (χ4n) is 6.83. The lowest BCUT2D eigenvalue weighted by Gasteiger charge is -2.43. The number of aliphatic carboxylic acids is 1. The summed E-state index contributed by atoms with van der Waals surface area (Å²) in [6, 6.07) is 7.15. The van der Waals surface area contributed by atoms with E-state index >= 15 is 0 Å². The van der Waals surface area contributed by atoms with Crippen molar-refractivity contribution in [2.45, 2.75) is 90.5 Å². The Kier molecular flexibility index (Phi) is 10.2. The second-order valence-corrected chi connectivity index (χ2v) is 11.4. The molecule has 4 atom stereocenters. The molecule has 0 radical (unpaired) electrons. The van der Waals surface area contributed by atoms with Crippen LogP contribution in [0.2, 0.25) is 6.32 Å². The molecule has 1 aromatic rings. The summed E-state index contributed by atoms with van der Waals surface area (Å²) in [5, 5.41) is 29.5. The van der Waals surface area contributed by atoms with Crippen molar-refractivity contribution in [2.75, 3.05) is 6.54 Å². The molecule has 1 aromatic carbocycles. The number of aromatic hydroxyl groups is 1. The van der Waals surface area contributed by atoms with Crippen LogP contribution in [0.3, 0.4) is 0 Å². The number of carbonyl (C=O) groups is 3. The van der Waals surface area contributed by atoms with Gasteiger partial charge in [0.2, 0.25) is 11.8 Å². The van der Waals surface area contributed by atoms with Gasteiger partial charge in [0.15, 0.2) is 0 Å². The van der Waals surface area contributed by atoms with Gasteiger partial charge in [-0.05, 0) is 80.5 Å². The third kappa shape index (κ3) is 6.86. The molecule has 0 bridgehead atoms. The van der Waals surface area contributed by atoms with Gasteiger partial charge in [0.1, 0.15) is 5.75 Å². The van der Waals surface area contributed by atoms with Crippen molar-refractivity contribution in [3.8, 4) is 5.75 Å². The number of amides is 2. The van der Waals surface area contributed by atoms with Crippen LogP contribution in [0.25, 0.3) is 6.08 Å². The highest BCUT2D eigenvalue weighted by atomic mass is 16.5. The van der Waals surface area contributed by atoms with Crippen LogP contribution in [0.4, 0.5) is 0 Å². The number of carboxylic acid groups (broad SMARTS) is 1. The first-order valence-electron chi connectivity index (χ1n) is 14.8. The maximum Gasteiger partial charge on any atom is 0.455 e. The molecule has 4 rings (SSSR count). The Morgan fingerprint density at radius 1 is 1.12 bits per heavy atom. The average molecular weight is 551 g/mol. The van der Waals surface area contributed by atoms with E-state index in [2.05, 4.69) is 19.9 Å². The molecular weight excluding hydrogens is 509 g/mol. The normalized spacial score (nSPS) is 24.9. The first-order chi connectivity index (χ1) is 19.2. The SMILES string of the molecule is CCCC1=C2[C@@H](CC/C(=C/c3cccc(O)c3)CC)OB(O)C[C@@H]2[C@@H]2C(=O)N(CCCCCC(=O)O)C(=O)[C@@H]2C1. The Balaban J connectivity index is 1.52. The molecule has 3 N–H and O–H groups in total. The number of imide groups is 1. The van der Waals surface area contributed by atoms with Crippen LogP contribution in [0.5, 0.6) is 5.75 Å². The van der Waals surface area contributed by atoms with E-state index in [-0.39, 0.29) is 36.0 Å². The molecule has 1 aliphatic carbocycles. The standard InChI is InChI=1S/C31H42BNO7/c1-3-9-22-18-24-29(31(38)33(30(24)37)15-7-5-6-12-27(35)36)25-19-32(39)40-26(28(22)25)14-13-20(4-2)16-21-10-8-11-23(34)17-21/h8,10-11,16-17,24-26,29,34,39H,3-7,9,12-15,18-19H2,1-2H3,(H,35,36)/b20-16+/t24-,25+,26-,29-/m1/s1. The maximum atomic E-state index is 13.6. The van der Waals surface area contributed by atoms with E-state index in [1.165, 1.54) is 16.0 Å². The zero-order valence-electron chi connectivity index (χ0n) is 23.7. The molecule has 3 aliphatic rings. The number of phenolic OH excluding ortho intramolecular Hbond substituents is 1. The number of unbranched alkanes of at least 4 members (excludes halogenated alkanes) is 2. The highest BCUT2D eigenvalue weighted by molar-refractivity contribution is 6.43. The second kappa shape index (κ2) is 13.6. The van der Waals surface area contributed by atoms with E-state index in [4.69, 9.17) is 9.76 Å². The van der Waals surface area contributed by atoms with Gasteiger partial charge in [0, 0.05) is 13.0 Å². The van der Waals surface area contributed by atoms with E-state index in [9.17, 15) is 24.5 Å². The monoisotopic (exact) mass is 551 g/mol. The van der Waals surface area contributed by atoms with Crippen molar-refractivity contribution in [1.82, 2.24) is 4.90 Å². The predicted molar refractivity (Wildman–Crippen MR) is 153 cm³/mol. The number of nitrogens with zero attached hydrogens (tertiary/aromatic N) is 1. The summed E-state index contributed by atoms with van der Waals surface area (Å²) in [6.45, 7) is 4.53. The quantitative estimate of drug-likeness (QED) is 0.133. The lowest BCUT2D eigenvalue weighted by Crippen LogP contribution is -2.46. The number of carboxylic acids is 1. The van der Waals surface area contributed by atoms with Crippen molar-refractivity contribution in [2.24, 2.45) is 17.8 Å². The largest absolute Gasteiger partial charge is 0.508 e. The summed E-state index contributed by atoms with van der Waals surface area (Å²) in [6.07, 6.45) is 8.51.